The predicted octanol–water partition coefficient (Wildman–Crippen LogP) is 1.29. The van der Waals surface area contributed by atoms with Crippen LogP contribution in [0.3, 0.4) is 0 Å². The molecule has 5 heteroatoms. The number of likely N-dealkylation sites (N-methyl/N-ethyl adjacent to an activating group) is 2. The van der Waals surface area contributed by atoms with E-state index in [2.05, 4.69) is 11.9 Å². The van der Waals surface area contributed by atoms with Crippen LogP contribution in [0.15, 0.2) is 0 Å². The number of hydrogen-bond acceptors (Lipinski definition) is 3. The fourth-order valence-electron chi connectivity index (χ4n) is 3.74. The van der Waals surface area contributed by atoms with Gasteiger partial charge in [-0.25, -0.2) is 0 Å². The van der Waals surface area contributed by atoms with Crippen molar-refractivity contribution in [3.63, 3.8) is 0 Å². The highest BCUT2D eigenvalue weighted by molar-refractivity contribution is 5.85. The van der Waals surface area contributed by atoms with E-state index in [1.165, 1.54) is 6.42 Å². The average molecular weight is 282 g/mol. The lowest BCUT2D eigenvalue weighted by Gasteiger charge is -2.28. The van der Waals surface area contributed by atoms with Gasteiger partial charge in [-0.2, -0.15) is 0 Å². The summed E-state index contributed by atoms with van der Waals surface area (Å²) in [5, 5.41) is 9.28. The molecule has 0 aromatic heterocycles. The van der Waals surface area contributed by atoms with E-state index in [1.807, 2.05) is 14.0 Å². The summed E-state index contributed by atoms with van der Waals surface area (Å²) in [6.45, 7) is 3.84. The number of rotatable bonds is 4. The lowest BCUT2D eigenvalue weighted by Crippen LogP contribution is -2.43. The molecule has 0 bridgehead atoms. The third kappa shape index (κ3) is 3.14. The molecule has 1 saturated heterocycles. The molecule has 0 spiro atoms. The van der Waals surface area contributed by atoms with Crippen molar-refractivity contribution < 1.29 is 14.7 Å². The van der Waals surface area contributed by atoms with E-state index in [4.69, 9.17) is 0 Å². The molecule has 114 valence electrons. The van der Waals surface area contributed by atoms with Crippen molar-refractivity contribution in [3.05, 3.63) is 0 Å². The highest BCUT2D eigenvalue weighted by Crippen LogP contribution is 2.37. The van der Waals surface area contributed by atoms with E-state index < -0.39 is 11.9 Å². The molecule has 1 amide bonds. The van der Waals surface area contributed by atoms with Gasteiger partial charge in [0.25, 0.3) is 0 Å². The lowest BCUT2D eigenvalue weighted by molar-refractivity contribution is -0.148. The number of carboxylic acid groups (broad SMARTS) is 1. The molecule has 0 aromatic carbocycles. The second kappa shape index (κ2) is 6.12. The summed E-state index contributed by atoms with van der Waals surface area (Å²) < 4.78 is 0. The first-order valence-electron chi connectivity index (χ1n) is 7.58. The van der Waals surface area contributed by atoms with Gasteiger partial charge in [0.05, 0.1) is 11.8 Å². The molecule has 0 aromatic rings. The molecule has 20 heavy (non-hydrogen) atoms. The SMILES string of the molecule is CC1CC(C(=O)O)C(C(=O)N(C)CC2CCCN2C)C1. The Morgan fingerprint density at radius 2 is 1.95 bits per heavy atom. The third-order valence-corrected chi connectivity index (χ3v) is 4.97. The number of carbonyl (C=O) groups excluding carboxylic acids is 1. The third-order valence-electron chi connectivity index (χ3n) is 4.97. The van der Waals surface area contributed by atoms with Crippen molar-refractivity contribution >= 4 is 11.9 Å². The van der Waals surface area contributed by atoms with Crippen LogP contribution in [-0.2, 0) is 9.59 Å². The summed E-state index contributed by atoms with van der Waals surface area (Å²) >= 11 is 0. The van der Waals surface area contributed by atoms with Crippen LogP contribution in [0.5, 0.6) is 0 Å². The lowest BCUT2D eigenvalue weighted by atomic mass is 9.94. The highest BCUT2D eigenvalue weighted by Gasteiger charge is 2.42. The molecule has 0 radical (unpaired) electrons. The first-order valence-corrected chi connectivity index (χ1v) is 7.58. The molecule has 2 rings (SSSR count). The van der Waals surface area contributed by atoms with Crippen LogP contribution in [0, 0.1) is 17.8 Å². The molecule has 1 aliphatic heterocycles. The zero-order valence-electron chi connectivity index (χ0n) is 12.7. The van der Waals surface area contributed by atoms with Gasteiger partial charge < -0.3 is 14.9 Å². The number of nitrogens with zero attached hydrogens (tertiary/aromatic N) is 2. The van der Waals surface area contributed by atoms with Crippen LogP contribution in [0.4, 0.5) is 0 Å². The van der Waals surface area contributed by atoms with Crippen molar-refractivity contribution in [3.8, 4) is 0 Å². The van der Waals surface area contributed by atoms with Crippen LogP contribution in [0.25, 0.3) is 0 Å². The van der Waals surface area contributed by atoms with Gasteiger partial charge in [0.2, 0.25) is 5.91 Å². The summed E-state index contributed by atoms with van der Waals surface area (Å²) in [5.41, 5.74) is 0. The van der Waals surface area contributed by atoms with Crippen LogP contribution >= 0.6 is 0 Å². The van der Waals surface area contributed by atoms with Gasteiger partial charge in [-0.3, -0.25) is 9.59 Å². The number of carbonyl (C=O) groups is 2. The number of amides is 1. The molecule has 1 saturated carbocycles. The van der Waals surface area contributed by atoms with Gasteiger partial charge in [-0.05, 0) is 45.2 Å². The Labute approximate surface area is 120 Å². The van der Waals surface area contributed by atoms with Crippen molar-refractivity contribution in [2.24, 2.45) is 17.8 Å². The van der Waals surface area contributed by atoms with E-state index in [-0.39, 0.29) is 11.8 Å². The first kappa shape index (κ1) is 15.3. The van der Waals surface area contributed by atoms with Crippen LogP contribution in [0.2, 0.25) is 0 Å². The largest absolute Gasteiger partial charge is 0.481 e. The Balaban J connectivity index is 1.97. The minimum absolute atomic E-state index is 0.0158. The van der Waals surface area contributed by atoms with Crippen molar-refractivity contribution in [1.29, 1.82) is 0 Å². The van der Waals surface area contributed by atoms with E-state index >= 15 is 0 Å². The van der Waals surface area contributed by atoms with Crippen molar-refractivity contribution in [2.75, 3.05) is 27.2 Å². The van der Waals surface area contributed by atoms with E-state index in [9.17, 15) is 14.7 Å². The summed E-state index contributed by atoms with van der Waals surface area (Å²) in [5.74, 6) is -1.31. The second-order valence-electron chi connectivity index (χ2n) is 6.62. The summed E-state index contributed by atoms with van der Waals surface area (Å²) in [7, 11) is 3.91. The highest BCUT2D eigenvalue weighted by atomic mass is 16.4. The summed E-state index contributed by atoms with van der Waals surface area (Å²) in [4.78, 5) is 27.9. The number of carboxylic acids is 1. The summed E-state index contributed by atoms with van der Waals surface area (Å²) in [6, 6.07) is 0.422. The molecule has 4 unspecified atom stereocenters. The molecule has 1 N–H and O–H groups in total. The van der Waals surface area contributed by atoms with Crippen LogP contribution < -0.4 is 0 Å². The van der Waals surface area contributed by atoms with Gasteiger partial charge >= 0.3 is 5.97 Å². The first-order chi connectivity index (χ1) is 9.40. The summed E-state index contributed by atoms with van der Waals surface area (Å²) in [6.07, 6.45) is 3.64. The topological polar surface area (TPSA) is 60.9 Å². The molecule has 5 nitrogen and oxygen atoms in total. The van der Waals surface area contributed by atoms with Gasteiger partial charge in [-0.15, -0.1) is 0 Å². The number of hydrogen-bond donors (Lipinski definition) is 1. The fourth-order valence-corrected chi connectivity index (χ4v) is 3.74. The predicted molar refractivity (Wildman–Crippen MR) is 76.3 cm³/mol. The van der Waals surface area contributed by atoms with Crippen LogP contribution in [0.1, 0.15) is 32.6 Å². The maximum atomic E-state index is 12.5. The van der Waals surface area contributed by atoms with Gasteiger partial charge in [0.15, 0.2) is 0 Å². The number of likely N-dealkylation sites (tertiary alicyclic amines) is 1. The zero-order valence-corrected chi connectivity index (χ0v) is 12.7. The Hall–Kier alpha value is -1.10. The quantitative estimate of drug-likeness (QED) is 0.844. The van der Waals surface area contributed by atoms with Gasteiger partial charge in [-0.1, -0.05) is 6.92 Å². The molecule has 1 aliphatic carbocycles. The molecular weight excluding hydrogens is 256 g/mol. The van der Waals surface area contributed by atoms with Crippen molar-refractivity contribution in [1.82, 2.24) is 9.80 Å². The van der Waals surface area contributed by atoms with Crippen molar-refractivity contribution in [2.45, 2.75) is 38.6 Å². The zero-order chi connectivity index (χ0) is 14.9. The Bertz CT molecular complexity index is 385. The molecule has 1 heterocycles. The molecule has 2 aliphatic rings. The fraction of sp³-hybridized carbons (Fsp3) is 0.867. The Kier molecular flexibility index (Phi) is 4.68. The van der Waals surface area contributed by atoms with E-state index in [0.29, 0.717) is 31.3 Å². The van der Waals surface area contributed by atoms with Crippen LogP contribution in [-0.4, -0.2) is 60.0 Å². The standard InChI is InChI=1S/C15H26N2O3/c1-10-7-12(13(8-10)15(19)20)14(18)17(3)9-11-5-4-6-16(11)2/h10-13H,4-9H2,1-3H3,(H,19,20). The minimum Gasteiger partial charge on any atom is -0.481 e. The monoisotopic (exact) mass is 282 g/mol. The molecule has 2 fully saturated rings. The minimum atomic E-state index is -0.820. The van der Waals surface area contributed by atoms with E-state index in [1.54, 1.807) is 4.90 Å². The maximum Gasteiger partial charge on any atom is 0.307 e. The van der Waals surface area contributed by atoms with Gasteiger partial charge in [0, 0.05) is 19.6 Å². The Morgan fingerprint density at radius 3 is 2.50 bits per heavy atom. The molecule has 4 atom stereocenters. The maximum absolute atomic E-state index is 12.5. The smallest absolute Gasteiger partial charge is 0.307 e. The van der Waals surface area contributed by atoms with Gasteiger partial charge in [0.1, 0.15) is 0 Å². The van der Waals surface area contributed by atoms with E-state index in [0.717, 1.165) is 13.0 Å². The second-order valence-corrected chi connectivity index (χ2v) is 6.62. The number of aliphatic carboxylic acids is 1. The Morgan fingerprint density at radius 1 is 1.30 bits per heavy atom. The normalized spacial score (nSPS) is 34.4. The molecular formula is C15H26N2O3. The average Bonchev–Trinajstić information content (AvgIpc) is 2.95.